The average molecular weight is 366 g/mol. The van der Waals surface area contributed by atoms with Crippen LogP contribution in [0.15, 0.2) is 57.9 Å². The Morgan fingerprint density at radius 2 is 1.81 bits per heavy atom. The Kier molecular flexibility index (Phi) is 5.78. The van der Waals surface area contributed by atoms with E-state index in [9.17, 15) is 4.79 Å². The number of nitrogens with zero attached hydrogens (tertiary/aromatic N) is 1. The molecule has 0 bridgehead atoms. The van der Waals surface area contributed by atoms with Crippen LogP contribution in [0.25, 0.3) is 0 Å². The first kappa shape index (κ1) is 18.3. The van der Waals surface area contributed by atoms with E-state index in [2.05, 4.69) is 29.5 Å². The van der Waals surface area contributed by atoms with Crippen molar-refractivity contribution in [2.45, 2.75) is 38.0 Å². The van der Waals surface area contributed by atoms with Gasteiger partial charge in [-0.2, -0.15) is 0 Å². The number of nitrogens with one attached hydrogen (secondary N) is 1. The zero-order valence-corrected chi connectivity index (χ0v) is 16.0. The van der Waals surface area contributed by atoms with Crippen molar-refractivity contribution < 1.29 is 9.32 Å². The molecule has 1 N–H and O–H groups in total. The van der Waals surface area contributed by atoms with Crippen LogP contribution in [0.4, 0.5) is 0 Å². The van der Waals surface area contributed by atoms with Crippen LogP contribution in [-0.2, 0) is 12.3 Å². The maximum Gasteiger partial charge on any atom is 0.252 e. The number of amides is 1. The topological polar surface area (TPSA) is 55.1 Å². The summed E-state index contributed by atoms with van der Waals surface area (Å²) >= 11 is 1.62. The van der Waals surface area contributed by atoms with Crippen molar-refractivity contribution >= 4 is 17.7 Å². The standard InChI is InChI=1S/C21H22N2O2S/c1-14-8-10-17(11-9-14)12-22-21(24)18-6-4-5-7-20(18)26-13-19-15(2)23-25-16(19)3/h4-11H,12-13H2,1-3H3,(H,22,24). The molecule has 26 heavy (non-hydrogen) atoms. The fourth-order valence-electron chi connectivity index (χ4n) is 2.62. The van der Waals surface area contributed by atoms with E-state index in [0.717, 1.165) is 33.2 Å². The zero-order valence-electron chi connectivity index (χ0n) is 15.2. The van der Waals surface area contributed by atoms with Crippen molar-refractivity contribution in [1.82, 2.24) is 10.5 Å². The molecule has 4 nitrogen and oxygen atoms in total. The number of thioether (sulfide) groups is 1. The normalized spacial score (nSPS) is 10.7. The highest BCUT2D eigenvalue weighted by molar-refractivity contribution is 7.98. The molecule has 0 aliphatic rings. The van der Waals surface area contributed by atoms with Crippen LogP contribution in [-0.4, -0.2) is 11.1 Å². The molecule has 2 aromatic carbocycles. The Morgan fingerprint density at radius 3 is 2.50 bits per heavy atom. The van der Waals surface area contributed by atoms with Crippen LogP contribution in [0.3, 0.4) is 0 Å². The van der Waals surface area contributed by atoms with E-state index in [1.807, 2.05) is 50.2 Å². The molecule has 1 aromatic heterocycles. The second-order valence-corrected chi connectivity index (χ2v) is 7.27. The lowest BCUT2D eigenvalue weighted by Crippen LogP contribution is -2.23. The van der Waals surface area contributed by atoms with E-state index in [1.54, 1.807) is 11.8 Å². The Labute approximate surface area is 158 Å². The molecule has 3 rings (SSSR count). The van der Waals surface area contributed by atoms with E-state index in [1.165, 1.54) is 5.56 Å². The maximum atomic E-state index is 12.6. The Morgan fingerprint density at radius 1 is 1.08 bits per heavy atom. The predicted octanol–water partition coefficient (Wildman–Crippen LogP) is 4.82. The molecule has 0 radical (unpaired) electrons. The van der Waals surface area contributed by atoms with Gasteiger partial charge in [0, 0.05) is 22.8 Å². The molecule has 0 atom stereocenters. The molecule has 134 valence electrons. The van der Waals surface area contributed by atoms with Crippen LogP contribution >= 0.6 is 11.8 Å². The summed E-state index contributed by atoms with van der Waals surface area (Å²) in [6.45, 7) is 6.42. The van der Waals surface area contributed by atoms with E-state index >= 15 is 0 Å². The minimum absolute atomic E-state index is 0.0626. The summed E-state index contributed by atoms with van der Waals surface area (Å²) < 4.78 is 5.21. The highest BCUT2D eigenvalue weighted by Gasteiger charge is 2.14. The van der Waals surface area contributed by atoms with Gasteiger partial charge in [0.25, 0.3) is 5.91 Å². The van der Waals surface area contributed by atoms with Gasteiger partial charge in [0.05, 0.1) is 11.3 Å². The van der Waals surface area contributed by atoms with Crippen molar-refractivity contribution in [2.24, 2.45) is 0 Å². The van der Waals surface area contributed by atoms with E-state index in [-0.39, 0.29) is 5.91 Å². The number of carbonyl (C=O) groups excluding carboxylic acids is 1. The number of aromatic nitrogens is 1. The minimum Gasteiger partial charge on any atom is -0.361 e. The third-order valence-corrected chi connectivity index (χ3v) is 5.36. The van der Waals surface area contributed by atoms with Crippen LogP contribution < -0.4 is 5.32 Å². The van der Waals surface area contributed by atoms with Gasteiger partial charge in [0.2, 0.25) is 0 Å². The van der Waals surface area contributed by atoms with E-state index < -0.39 is 0 Å². The predicted molar refractivity (Wildman–Crippen MR) is 104 cm³/mol. The minimum atomic E-state index is -0.0626. The van der Waals surface area contributed by atoms with Crippen LogP contribution in [0.5, 0.6) is 0 Å². The van der Waals surface area contributed by atoms with Gasteiger partial charge in [-0.1, -0.05) is 47.1 Å². The van der Waals surface area contributed by atoms with E-state index in [4.69, 9.17) is 4.52 Å². The average Bonchev–Trinajstić information content (AvgIpc) is 2.97. The summed E-state index contributed by atoms with van der Waals surface area (Å²) in [7, 11) is 0. The lowest BCUT2D eigenvalue weighted by molar-refractivity contribution is 0.0948. The Balaban J connectivity index is 1.67. The van der Waals surface area contributed by atoms with Crippen molar-refractivity contribution in [1.29, 1.82) is 0 Å². The summed E-state index contributed by atoms with van der Waals surface area (Å²) in [5.41, 5.74) is 4.98. The Bertz CT molecular complexity index is 881. The number of rotatable bonds is 6. The van der Waals surface area contributed by atoms with Gasteiger partial charge in [-0.05, 0) is 38.5 Å². The number of carbonyl (C=O) groups is 1. The number of aryl methyl sites for hydroxylation is 3. The highest BCUT2D eigenvalue weighted by Crippen LogP contribution is 2.28. The summed E-state index contributed by atoms with van der Waals surface area (Å²) in [5, 5.41) is 7.00. The van der Waals surface area contributed by atoms with Crippen molar-refractivity contribution in [2.75, 3.05) is 0 Å². The number of hydrogen-bond acceptors (Lipinski definition) is 4. The van der Waals surface area contributed by atoms with Gasteiger partial charge in [0.15, 0.2) is 0 Å². The number of benzene rings is 2. The molecular formula is C21H22N2O2S. The molecule has 0 aliphatic carbocycles. The first-order chi connectivity index (χ1) is 12.5. The SMILES string of the molecule is Cc1ccc(CNC(=O)c2ccccc2SCc2c(C)noc2C)cc1. The molecule has 1 heterocycles. The van der Waals surface area contributed by atoms with Crippen LogP contribution in [0.2, 0.25) is 0 Å². The van der Waals surface area contributed by atoms with Crippen molar-refractivity contribution in [3.05, 3.63) is 82.2 Å². The van der Waals surface area contributed by atoms with Gasteiger partial charge >= 0.3 is 0 Å². The number of hydrogen-bond donors (Lipinski definition) is 1. The molecule has 0 saturated carbocycles. The first-order valence-corrected chi connectivity index (χ1v) is 9.50. The summed E-state index contributed by atoms with van der Waals surface area (Å²) in [4.78, 5) is 13.6. The van der Waals surface area contributed by atoms with Gasteiger partial charge in [0.1, 0.15) is 5.76 Å². The van der Waals surface area contributed by atoms with Gasteiger partial charge in [-0.15, -0.1) is 11.8 Å². The Hall–Kier alpha value is -2.53. The van der Waals surface area contributed by atoms with E-state index in [0.29, 0.717) is 12.1 Å². The van der Waals surface area contributed by atoms with Gasteiger partial charge < -0.3 is 9.84 Å². The largest absolute Gasteiger partial charge is 0.361 e. The van der Waals surface area contributed by atoms with Crippen molar-refractivity contribution in [3.8, 4) is 0 Å². The quantitative estimate of drug-likeness (QED) is 0.635. The van der Waals surface area contributed by atoms with Gasteiger partial charge in [-0.25, -0.2) is 0 Å². The lowest BCUT2D eigenvalue weighted by atomic mass is 10.1. The lowest BCUT2D eigenvalue weighted by Gasteiger charge is -2.10. The van der Waals surface area contributed by atoms with Gasteiger partial charge in [-0.3, -0.25) is 4.79 Å². The smallest absolute Gasteiger partial charge is 0.252 e. The third-order valence-electron chi connectivity index (χ3n) is 4.26. The third kappa shape index (κ3) is 4.35. The second kappa shape index (κ2) is 8.23. The second-order valence-electron chi connectivity index (χ2n) is 6.26. The summed E-state index contributed by atoms with van der Waals surface area (Å²) in [5.74, 6) is 1.49. The fraction of sp³-hybridized carbons (Fsp3) is 0.238. The zero-order chi connectivity index (χ0) is 18.5. The summed E-state index contributed by atoms with van der Waals surface area (Å²) in [6.07, 6.45) is 0. The molecule has 0 aliphatic heterocycles. The van der Waals surface area contributed by atoms with Crippen LogP contribution in [0, 0.1) is 20.8 Å². The van der Waals surface area contributed by atoms with Crippen LogP contribution in [0.1, 0.15) is 38.5 Å². The highest BCUT2D eigenvalue weighted by atomic mass is 32.2. The molecule has 0 saturated heterocycles. The fourth-order valence-corrected chi connectivity index (χ4v) is 3.82. The maximum absolute atomic E-state index is 12.6. The summed E-state index contributed by atoms with van der Waals surface area (Å²) in [6, 6.07) is 15.8. The first-order valence-electron chi connectivity index (χ1n) is 8.52. The molecule has 1 amide bonds. The molecule has 0 unspecified atom stereocenters. The monoisotopic (exact) mass is 366 g/mol. The molecular weight excluding hydrogens is 344 g/mol. The molecule has 5 heteroatoms. The molecule has 3 aromatic rings. The molecule has 0 spiro atoms. The van der Waals surface area contributed by atoms with Crippen molar-refractivity contribution in [3.63, 3.8) is 0 Å². The molecule has 0 fully saturated rings.